The number of benzene rings is 1. The maximum atomic E-state index is 13.1. The summed E-state index contributed by atoms with van der Waals surface area (Å²) in [7, 11) is 0. The molecule has 0 spiro atoms. The van der Waals surface area contributed by atoms with E-state index in [1.165, 1.54) is 24.0 Å². The van der Waals surface area contributed by atoms with Crippen LogP contribution in [0.15, 0.2) is 35.6 Å². The van der Waals surface area contributed by atoms with E-state index in [0.29, 0.717) is 17.3 Å². The molecular formula is C12H8F4N2OS. The lowest BCUT2D eigenvalue weighted by Gasteiger charge is -2.10. The highest BCUT2D eigenvalue weighted by atomic mass is 32.2. The zero-order chi connectivity index (χ0) is 14.8. The van der Waals surface area contributed by atoms with Gasteiger partial charge in [0.25, 0.3) is 0 Å². The number of thioether (sulfide) groups is 1. The minimum absolute atomic E-state index is 0.0871. The van der Waals surface area contributed by atoms with Gasteiger partial charge in [0.05, 0.1) is 5.56 Å². The fraction of sp³-hybridized carbons (Fsp3) is 0.167. The fourth-order valence-electron chi connectivity index (χ4n) is 1.39. The van der Waals surface area contributed by atoms with Gasteiger partial charge in [-0.2, -0.15) is 18.2 Å². The highest BCUT2D eigenvalue weighted by molar-refractivity contribution is 7.98. The van der Waals surface area contributed by atoms with E-state index in [4.69, 9.17) is 4.74 Å². The molecule has 2 aromatic rings. The summed E-state index contributed by atoms with van der Waals surface area (Å²) in [6.07, 6.45) is -1.61. The van der Waals surface area contributed by atoms with Crippen LogP contribution in [0, 0.1) is 5.82 Å². The maximum absolute atomic E-state index is 13.1. The molecule has 0 saturated carbocycles. The Hall–Kier alpha value is -1.83. The molecular weight excluding hydrogens is 296 g/mol. The maximum Gasteiger partial charge on any atom is 0.419 e. The summed E-state index contributed by atoms with van der Waals surface area (Å²) in [5.74, 6) is -1.41. The molecule has 0 unspecified atom stereocenters. The van der Waals surface area contributed by atoms with Crippen LogP contribution in [0.2, 0.25) is 0 Å². The van der Waals surface area contributed by atoms with Crippen molar-refractivity contribution in [2.24, 2.45) is 0 Å². The van der Waals surface area contributed by atoms with Gasteiger partial charge in [-0.25, -0.2) is 9.37 Å². The summed E-state index contributed by atoms with van der Waals surface area (Å²) in [5, 5.41) is 0.417. The van der Waals surface area contributed by atoms with E-state index in [1.807, 2.05) is 0 Å². The molecule has 0 atom stereocenters. The molecule has 0 fully saturated rings. The molecule has 106 valence electrons. The molecule has 0 aliphatic rings. The first-order chi connectivity index (χ1) is 9.40. The van der Waals surface area contributed by atoms with Crippen molar-refractivity contribution in [2.75, 3.05) is 6.26 Å². The molecule has 0 aliphatic carbocycles. The Kier molecular flexibility index (Phi) is 4.12. The normalized spacial score (nSPS) is 11.4. The highest BCUT2D eigenvalue weighted by Gasteiger charge is 2.34. The topological polar surface area (TPSA) is 35.0 Å². The van der Waals surface area contributed by atoms with Gasteiger partial charge >= 0.3 is 6.18 Å². The van der Waals surface area contributed by atoms with E-state index in [-0.39, 0.29) is 11.6 Å². The van der Waals surface area contributed by atoms with Crippen molar-refractivity contribution in [1.82, 2.24) is 9.97 Å². The summed E-state index contributed by atoms with van der Waals surface area (Å²) < 4.78 is 56.0. The summed E-state index contributed by atoms with van der Waals surface area (Å²) in [6.45, 7) is 0. The van der Waals surface area contributed by atoms with Crippen LogP contribution in [-0.2, 0) is 6.18 Å². The molecule has 1 aromatic heterocycles. The predicted octanol–water partition coefficient (Wildman–Crippen LogP) is 4.15. The Balaban J connectivity index is 2.30. The van der Waals surface area contributed by atoms with E-state index in [2.05, 4.69) is 9.97 Å². The number of alkyl halides is 3. The first-order valence-electron chi connectivity index (χ1n) is 5.32. The van der Waals surface area contributed by atoms with Crippen molar-refractivity contribution in [1.29, 1.82) is 0 Å². The van der Waals surface area contributed by atoms with Crippen molar-refractivity contribution in [3.05, 3.63) is 41.8 Å². The third-order valence-electron chi connectivity index (χ3n) is 2.26. The van der Waals surface area contributed by atoms with Crippen LogP contribution in [0.5, 0.6) is 11.6 Å². The standard InChI is InChI=1S/C12H8F4N2OS/c1-20-11-17-5-4-10(18-11)19-7-2-3-9(13)8(6-7)12(14,15)16/h2-6H,1H3. The lowest BCUT2D eigenvalue weighted by molar-refractivity contribution is -0.140. The summed E-state index contributed by atoms with van der Waals surface area (Å²) >= 11 is 1.26. The average Bonchev–Trinajstić information content (AvgIpc) is 2.40. The van der Waals surface area contributed by atoms with Crippen molar-refractivity contribution >= 4 is 11.8 Å². The number of ether oxygens (including phenoxy) is 1. The summed E-state index contributed by atoms with van der Waals surface area (Å²) in [6, 6.07) is 3.80. The van der Waals surface area contributed by atoms with Crippen LogP contribution >= 0.6 is 11.8 Å². The van der Waals surface area contributed by atoms with Crippen LogP contribution in [-0.4, -0.2) is 16.2 Å². The third kappa shape index (κ3) is 3.38. The van der Waals surface area contributed by atoms with Gasteiger partial charge in [0.15, 0.2) is 5.16 Å². The van der Waals surface area contributed by atoms with Gasteiger partial charge in [0.1, 0.15) is 11.6 Å². The number of nitrogens with zero attached hydrogens (tertiary/aromatic N) is 2. The quantitative estimate of drug-likeness (QED) is 0.485. The number of rotatable bonds is 3. The molecule has 3 nitrogen and oxygen atoms in total. The van der Waals surface area contributed by atoms with Crippen molar-refractivity contribution < 1.29 is 22.3 Å². The highest BCUT2D eigenvalue weighted by Crippen LogP contribution is 2.34. The summed E-state index contributed by atoms with van der Waals surface area (Å²) in [4.78, 5) is 7.86. The number of halogens is 4. The van der Waals surface area contributed by atoms with Gasteiger partial charge in [-0.3, -0.25) is 0 Å². The van der Waals surface area contributed by atoms with Crippen LogP contribution < -0.4 is 4.74 Å². The van der Waals surface area contributed by atoms with Gasteiger partial charge < -0.3 is 4.74 Å². The van der Waals surface area contributed by atoms with Gasteiger partial charge in [0.2, 0.25) is 5.88 Å². The summed E-state index contributed by atoms with van der Waals surface area (Å²) in [5.41, 5.74) is -1.38. The van der Waals surface area contributed by atoms with Gasteiger partial charge in [-0.05, 0) is 24.5 Å². The molecule has 0 radical (unpaired) electrons. The Labute approximate surface area is 116 Å². The molecule has 0 N–H and O–H groups in total. The van der Waals surface area contributed by atoms with Crippen molar-refractivity contribution in [2.45, 2.75) is 11.3 Å². The number of hydrogen-bond acceptors (Lipinski definition) is 4. The lowest BCUT2D eigenvalue weighted by Crippen LogP contribution is -2.08. The molecule has 0 bridgehead atoms. The van der Waals surface area contributed by atoms with E-state index < -0.39 is 17.6 Å². The van der Waals surface area contributed by atoms with Crippen LogP contribution in [0.25, 0.3) is 0 Å². The smallest absolute Gasteiger partial charge is 0.419 e. The molecule has 1 aromatic carbocycles. The van der Waals surface area contributed by atoms with E-state index in [1.54, 1.807) is 6.26 Å². The average molecular weight is 304 g/mol. The monoisotopic (exact) mass is 304 g/mol. The minimum atomic E-state index is -4.78. The van der Waals surface area contributed by atoms with Gasteiger partial charge in [0, 0.05) is 12.3 Å². The van der Waals surface area contributed by atoms with Gasteiger partial charge in [-0.1, -0.05) is 11.8 Å². The Morgan fingerprint density at radius 3 is 2.60 bits per heavy atom. The van der Waals surface area contributed by atoms with E-state index in [9.17, 15) is 17.6 Å². The zero-order valence-electron chi connectivity index (χ0n) is 10.1. The van der Waals surface area contributed by atoms with Gasteiger partial charge in [-0.15, -0.1) is 0 Å². The molecule has 1 heterocycles. The molecule has 2 rings (SSSR count). The lowest BCUT2D eigenvalue weighted by atomic mass is 10.2. The number of hydrogen-bond donors (Lipinski definition) is 0. The van der Waals surface area contributed by atoms with Crippen LogP contribution in [0.3, 0.4) is 0 Å². The largest absolute Gasteiger partial charge is 0.439 e. The Morgan fingerprint density at radius 1 is 1.20 bits per heavy atom. The molecule has 0 saturated heterocycles. The predicted molar refractivity (Wildman–Crippen MR) is 65.3 cm³/mol. The second kappa shape index (κ2) is 5.66. The SMILES string of the molecule is CSc1nccc(Oc2ccc(F)c(C(F)(F)F)c2)n1. The fourth-order valence-corrected chi connectivity index (χ4v) is 1.73. The first kappa shape index (κ1) is 14.6. The van der Waals surface area contributed by atoms with Crippen molar-refractivity contribution in [3.63, 3.8) is 0 Å². The van der Waals surface area contributed by atoms with Crippen LogP contribution in [0.4, 0.5) is 17.6 Å². The zero-order valence-corrected chi connectivity index (χ0v) is 10.9. The Morgan fingerprint density at radius 2 is 1.95 bits per heavy atom. The first-order valence-corrected chi connectivity index (χ1v) is 6.54. The third-order valence-corrected chi connectivity index (χ3v) is 2.82. The van der Waals surface area contributed by atoms with Crippen LogP contribution in [0.1, 0.15) is 5.56 Å². The Bertz CT molecular complexity index is 619. The molecule has 8 heteroatoms. The molecule has 20 heavy (non-hydrogen) atoms. The second-order valence-corrected chi connectivity index (χ2v) is 4.40. The molecule has 0 aliphatic heterocycles. The minimum Gasteiger partial charge on any atom is -0.439 e. The van der Waals surface area contributed by atoms with E-state index in [0.717, 1.165) is 6.07 Å². The van der Waals surface area contributed by atoms with E-state index >= 15 is 0 Å². The molecule has 0 amide bonds. The van der Waals surface area contributed by atoms with Crippen molar-refractivity contribution in [3.8, 4) is 11.6 Å². The number of aromatic nitrogens is 2. The second-order valence-electron chi connectivity index (χ2n) is 3.62.